The zero-order valence-corrected chi connectivity index (χ0v) is 15.4. The van der Waals surface area contributed by atoms with Crippen LogP contribution in [0.4, 0.5) is 4.79 Å². The maximum Gasteiger partial charge on any atom is 0.329 e. The van der Waals surface area contributed by atoms with Gasteiger partial charge in [-0.1, -0.05) is 37.1 Å². The minimum absolute atomic E-state index is 0.0599. The second-order valence-corrected chi connectivity index (χ2v) is 7.45. The third-order valence-electron chi connectivity index (χ3n) is 5.10. The number of nitrogens with zero attached hydrogens (tertiary/aromatic N) is 1. The van der Waals surface area contributed by atoms with Gasteiger partial charge in [-0.2, -0.15) is 0 Å². The van der Waals surface area contributed by atoms with Crippen molar-refractivity contribution in [3.05, 3.63) is 34.9 Å². The van der Waals surface area contributed by atoms with E-state index >= 15 is 0 Å². The maximum absolute atomic E-state index is 12.3. The van der Waals surface area contributed by atoms with E-state index in [4.69, 9.17) is 11.6 Å². The third-order valence-corrected chi connectivity index (χ3v) is 5.35. The predicted molar refractivity (Wildman–Crippen MR) is 95.5 cm³/mol. The second-order valence-electron chi connectivity index (χ2n) is 7.02. The molecule has 2 aliphatic rings. The van der Waals surface area contributed by atoms with E-state index in [0.717, 1.165) is 50.6 Å². The van der Waals surface area contributed by atoms with E-state index in [0.29, 0.717) is 6.67 Å². The number of hydrogen-bond acceptors (Lipinski definition) is 2. The molecule has 7 heteroatoms. The standard InChI is InChI=1S/C18H25ClN4O2/c1-2-3-16-17(24)23(18(25)20-16)13-22-10-8-21(9-11-22)12-14-4-6-15(19)7-5-14/h4-7,16H,2-3,8-13H2,1H3,(H,20,25)/p+2/t16-/m0/s1. The lowest BCUT2D eigenvalue weighted by molar-refractivity contribution is -1.02. The van der Waals surface area contributed by atoms with Gasteiger partial charge in [-0.3, -0.25) is 4.79 Å². The van der Waals surface area contributed by atoms with Crippen LogP contribution in [0.2, 0.25) is 5.02 Å². The largest absolute Gasteiger partial charge is 0.329 e. The summed E-state index contributed by atoms with van der Waals surface area (Å²) >= 11 is 5.93. The molecule has 3 rings (SSSR count). The Morgan fingerprint density at radius 1 is 1.12 bits per heavy atom. The van der Waals surface area contributed by atoms with E-state index in [1.54, 1.807) is 0 Å². The number of carbonyl (C=O) groups excluding carboxylic acids is 2. The maximum atomic E-state index is 12.3. The number of rotatable bonds is 6. The van der Waals surface area contributed by atoms with Gasteiger partial charge in [0.05, 0.1) is 0 Å². The molecule has 0 spiro atoms. The number of amides is 3. The number of benzene rings is 1. The molecule has 0 bridgehead atoms. The molecule has 1 aromatic carbocycles. The minimum atomic E-state index is -0.325. The van der Waals surface area contributed by atoms with Crippen LogP contribution < -0.4 is 15.1 Å². The van der Waals surface area contributed by atoms with Crippen LogP contribution in [0.3, 0.4) is 0 Å². The van der Waals surface area contributed by atoms with Gasteiger partial charge in [-0.25, -0.2) is 9.69 Å². The first-order valence-electron chi connectivity index (χ1n) is 9.10. The van der Waals surface area contributed by atoms with Crippen LogP contribution in [0.25, 0.3) is 0 Å². The molecule has 1 atom stereocenters. The van der Waals surface area contributed by atoms with E-state index < -0.39 is 0 Å². The quantitative estimate of drug-likeness (QED) is 0.583. The fourth-order valence-electron chi connectivity index (χ4n) is 3.62. The number of carbonyl (C=O) groups is 2. The average Bonchev–Trinajstić information content (AvgIpc) is 2.86. The van der Waals surface area contributed by atoms with Crippen molar-refractivity contribution < 1.29 is 19.4 Å². The minimum Gasteiger partial charge on any atom is -0.326 e. The first kappa shape index (κ1) is 18.2. The highest BCUT2D eigenvalue weighted by atomic mass is 35.5. The first-order valence-corrected chi connectivity index (χ1v) is 9.48. The lowest BCUT2D eigenvalue weighted by Gasteiger charge is -2.31. The highest BCUT2D eigenvalue weighted by Gasteiger charge is 2.40. The van der Waals surface area contributed by atoms with E-state index in [1.165, 1.54) is 20.3 Å². The molecule has 6 nitrogen and oxygen atoms in total. The van der Waals surface area contributed by atoms with Crippen LogP contribution >= 0.6 is 11.6 Å². The summed E-state index contributed by atoms with van der Waals surface area (Å²) in [5, 5.41) is 3.56. The molecule has 2 fully saturated rings. The average molecular weight is 367 g/mol. The summed E-state index contributed by atoms with van der Waals surface area (Å²) in [6.07, 6.45) is 1.61. The summed E-state index contributed by atoms with van der Waals surface area (Å²) in [5.74, 6) is -0.0599. The molecule has 0 aliphatic carbocycles. The van der Waals surface area contributed by atoms with Crippen LogP contribution in [0.15, 0.2) is 24.3 Å². The molecular formula is C18H27ClN4O2+2. The summed E-state index contributed by atoms with van der Waals surface area (Å²) in [5.41, 5.74) is 1.29. The van der Waals surface area contributed by atoms with Gasteiger partial charge >= 0.3 is 6.03 Å². The highest BCUT2D eigenvalue weighted by Crippen LogP contribution is 2.10. The molecule has 3 amide bonds. The van der Waals surface area contributed by atoms with Crippen LogP contribution in [0.1, 0.15) is 25.3 Å². The number of piperazine rings is 1. The van der Waals surface area contributed by atoms with Crippen molar-refractivity contribution in [2.75, 3.05) is 32.8 Å². The number of quaternary nitrogens is 2. The van der Waals surface area contributed by atoms with Gasteiger partial charge in [0, 0.05) is 10.6 Å². The number of imide groups is 1. The molecular weight excluding hydrogens is 340 g/mol. The summed E-state index contributed by atoms with van der Waals surface area (Å²) < 4.78 is 0. The van der Waals surface area contributed by atoms with E-state index in [-0.39, 0.29) is 18.0 Å². The van der Waals surface area contributed by atoms with Crippen LogP contribution in [0.5, 0.6) is 0 Å². The zero-order valence-electron chi connectivity index (χ0n) is 14.7. The lowest BCUT2D eigenvalue weighted by Crippen LogP contribution is -3.28. The Labute approximate surface area is 153 Å². The molecule has 2 aliphatic heterocycles. The topological polar surface area (TPSA) is 58.3 Å². The van der Waals surface area contributed by atoms with Crippen molar-refractivity contribution >= 4 is 23.5 Å². The highest BCUT2D eigenvalue weighted by molar-refractivity contribution is 6.30. The number of urea groups is 1. The van der Waals surface area contributed by atoms with Crippen molar-refractivity contribution in [1.29, 1.82) is 0 Å². The van der Waals surface area contributed by atoms with Crippen molar-refractivity contribution in [1.82, 2.24) is 10.2 Å². The molecule has 25 heavy (non-hydrogen) atoms. The molecule has 1 aromatic rings. The monoisotopic (exact) mass is 366 g/mol. The Bertz CT molecular complexity index is 614. The van der Waals surface area contributed by atoms with E-state index in [1.807, 2.05) is 19.1 Å². The molecule has 0 saturated carbocycles. The Morgan fingerprint density at radius 3 is 2.40 bits per heavy atom. The lowest BCUT2D eigenvalue weighted by atomic mass is 10.2. The fourth-order valence-corrected chi connectivity index (χ4v) is 3.74. The van der Waals surface area contributed by atoms with Gasteiger partial charge in [0.15, 0.2) is 6.67 Å². The van der Waals surface area contributed by atoms with Gasteiger partial charge in [-0.15, -0.1) is 0 Å². The zero-order chi connectivity index (χ0) is 17.8. The first-order chi connectivity index (χ1) is 12.1. The summed E-state index contributed by atoms with van der Waals surface area (Å²) in [4.78, 5) is 28.6. The van der Waals surface area contributed by atoms with Crippen molar-refractivity contribution in [2.24, 2.45) is 0 Å². The summed E-state index contributed by atoms with van der Waals surface area (Å²) in [7, 11) is 0. The smallest absolute Gasteiger partial charge is 0.326 e. The van der Waals surface area contributed by atoms with Gasteiger partial charge in [0.25, 0.3) is 5.91 Å². The molecule has 0 radical (unpaired) electrons. The predicted octanol–water partition coefficient (Wildman–Crippen LogP) is -0.699. The molecule has 0 aromatic heterocycles. The molecule has 2 saturated heterocycles. The van der Waals surface area contributed by atoms with Crippen molar-refractivity contribution in [3.63, 3.8) is 0 Å². The molecule has 136 valence electrons. The van der Waals surface area contributed by atoms with Crippen molar-refractivity contribution in [3.8, 4) is 0 Å². The Hall–Kier alpha value is -1.63. The summed E-state index contributed by atoms with van der Waals surface area (Å²) in [6.45, 7) is 7.53. The normalized spacial score (nSPS) is 26.8. The SMILES string of the molecule is CCC[C@@H]1NC(=O)N(C[NH+]2CC[NH+](Cc3ccc(Cl)cc3)CC2)C1=O. The molecule has 3 N–H and O–H groups in total. The Kier molecular flexibility index (Phi) is 5.93. The Morgan fingerprint density at radius 2 is 1.76 bits per heavy atom. The second kappa shape index (κ2) is 8.17. The van der Waals surface area contributed by atoms with E-state index in [2.05, 4.69) is 17.4 Å². The molecule has 0 unspecified atom stereocenters. The fraction of sp³-hybridized carbons (Fsp3) is 0.556. The number of halogens is 1. The van der Waals surface area contributed by atoms with Crippen molar-refractivity contribution in [2.45, 2.75) is 32.4 Å². The number of hydrogen-bond donors (Lipinski definition) is 3. The van der Waals surface area contributed by atoms with Crippen LogP contribution in [-0.4, -0.2) is 55.7 Å². The van der Waals surface area contributed by atoms with Gasteiger partial charge in [-0.05, 0) is 18.6 Å². The molecule has 2 heterocycles. The third kappa shape index (κ3) is 4.51. The van der Waals surface area contributed by atoms with Crippen LogP contribution in [-0.2, 0) is 11.3 Å². The van der Waals surface area contributed by atoms with Gasteiger partial charge in [0.2, 0.25) is 0 Å². The van der Waals surface area contributed by atoms with Gasteiger partial charge in [0.1, 0.15) is 38.8 Å². The van der Waals surface area contributed by atoms with Gasteiger partial charge < -0.3 is 15.1 Å². The Balaban J connectivity index is 1.47. The van der Waals surface area contributed by atoms with E-state index in [9.17, 15) is 9.59 Å². The van der Waals surface area contributed by atoms with Crippen LogP contribution in [0, 0.1) is 0 Å². The summed E-state index contributed by atoms with van der Waals surface area (Å²) in [6, 6.07) is 7.47. The number of nitrogens with one attached hydrogen (secondary N) is 3.